The Morgan fingerprint density at radius 3 is 2.54 bits per heavy atom. The lowest BCUT2D eigenvalue weighted by Crippen LogP contribution is -2.60. The smallest absolute Gasteiger partial charge is 0.328 e. The van der Waals surface area contributed by atoms with Crippen LogP contribution >= 0.6 is 0 Å². The first-order valence-electron chi connectivity index (χ1n) is 9.52. The summed E-state index contributed by atoms with van der Waals surface area (Å²) in [5, 5.41) is 19.5. The first kappa shape index (κ1) is 20.9. The van der Waals surface area contributed by atoms with Crippen LogP contribution in [-0.2, 0) is 14.3 Å². The molecule has 0 amide bonds. The highest BCUT2D eigenvalue weighted by Crippen LogP contribution is 2.45. The van der Waals surface area contributed by atoms with Gasteiger partial charge in [-0.2, -0.15) is 0 Å². The molecule has 146 valence electrons. The van der Waals surface area contributed by atoms with E-state index in [1.165, 1.54) is 6.08 Å². The first-order valence-corrected chi connectivity index (χ1v) is 9.52. The monoisotopic (exact) mass is 364 g/mol. The van der Waals surface area contributed by atoms with Gasteiger partial charge in [0.05, 0.1) is 18.3 Å². The molecule has 0 aromatic carbocycles. The summed E-state index contributed by atoms with van der Waals surface area (Å²) in [6.45, 7) is 10.1. The molecule has 2 aliphatic heterocycles. The van der Waals surface area contributed by atoms with Gasteiger partial charge in [0.1, 0.15) is 0 Å². The van der Waals surface area contributed by atoms with Crippen LogP contribution in [0.4, 0.5) is 0 Å². The van der Waals surface area contributed by atoms with Gasteiger partial charge in [0, 0.05) is 29.7 Å². The molecule has 5 nitrogen and oxygen atoms in total. The van der Waals surface area contributed by atoms with Crippen LogP contribution in [0.3, 0.4) is 0 Å². The Bertz CT molecular complexity index is 581. The molecular weight excluding hydrogens is 332 g/mol. The van der Waals surface area contributed by atoms with Crippen LogP contribution in [0.1, 0.15) is 41.0 Å². The van der Waals surface area contributed by atoms with Crippen molar-refractivity contribution in [1.82, 2.24) is 0 Å². The Hall–Kier alpha value is -1.43. The van der Waals surface area contributed by atoms with Gasteiger partial charge >= 0.3 is 5.97 Å². The molecule has 2 rings (SSSR count). The van der Waals surface area contributed by atoms with Crippen LogP contribution in [0.5, 0.6) is 0 Å². The summed E-state index contributed by atoms with van der Waals surface area (Å²) in [6, 6.07) is 0. The molecule has 0 aliphatic carbocycles. The lowest BCUT2D eigenvalue weighted by atomic mass is 9.76. The Morgan fingerprint density at radius 1 is 1.27 bits per heavy atom. The van der Waals surface area contributed by atoms with E-state index >= 15 is 0 Å². The van der Waals surface area contributed by atoms with E-state index in [2.05, 4.69) is 19.9 Å². The molecule has 1 spiro atoms. The predicted octanol–water partition coefficient (Wildman–Crippen LogP) is 3.55. The molecule has 2 N–H and O–H groups in total. The lowest BCUT2D eigenvalue weighted by Gasteiger charge is -2.53. The Morgan fingerprint density at radius 2 is 1.96 bits per heavy atom. The molecule has 1 fully saturated rings. The first-order chi connectivity index (χ1) is 12.2. The number of rotatable bonds is 5. The highest BCUT2D eigenvalue weighted by atomic mass is 16.7. The molecule has 8 atom stereocenters. The molecule has 0 aromatic heterocycles. The third-order valence-corrected chi connectivity index (χ3v) is 5.83. The summed E-state index contributed by atoms with van der Waals surface area (Å²) in [7, 11) is 0. The molecule has 0 bridgehead atoms. The van der Waals surface area contributed by atoms with Crippen molar-refractivity contribution in [2.45, 2.75) is 65.1 Å². The average Bonchev–Trinajstić information content (AvgIpc) is 2.60. The van der Waals surface area contributed by atoms with Gasteiger partial charge in [0.25, 0.3) is 0 Å². The maximum absolute atomic E-state index is 10.8. The quantitative estimate of drug-likeness (QED) is 0.443. The van der Waals surface area contributed by atoms with E-state index in [-0.39, 0.29) is 30.0 Å². The van der Waals surface area contributed by atoms with Gasteiger partial charge in [-0.25, -0.2) is 4.79 Å². The topological polar surface area (TPSA) is 76.0 Å². The van der Waals surface area contributed by atoms with Crippen molar-refractivity contribution in [3.05, 3.63) is 36.5 Å². The predicted molar refractivity (Wildman–Crippen MR) is 100 cm³/mol. The highest BCUT2D eigenvalue weighted by Gasteiger charge is 2.53. The van der Waals surface area contributed by atoms with E-state index in [1.54, 1.807) is 6.08 Å². The van der Waals surface area contributed by atoms with E-state index in [9.17, 15) is 9.90 Å². The molecule has 2 heterocycles. The zero-order valence-corrected chi connectivity index (χ0v) is 16.3. The number of aliphatic carboxylic acids is 1. The highest BCUT2D eigenvalue weighted by molar-refractivity contribution is 5.80. The van der Waals surface area contributed by atoms with Crippen molar-refractivity contribution in [2.75, 3.05) is 0 Å². The molecule has 26 heavy (non-hydrogen) atoms. The third-order valence-electron chi connectivity index (χ3n) is 5.83. The van der Waals surface area contributed by atoms with Crippen LogP contribution in [0.15, 0.2) is 36.5 Å². The van der Waals surface area contributed by atoms with Crippen LogP contribution in [0, 0.1) is 23.7 Å². The molecule has 1 saturated heterocycles. The molecule has 0 aromatic rings. The number of hydrogen-bond donors (Lipinski definition) is 2. The van der Waals surface area contributed by atoms with Gasteiger partial charge in [-0.15, -0.1) is 0 Å². The second-order valence-electron chi connectivity index (χ2n) is 7.64. The van der Waals surface area contributed by atoms with Gasteiger partial charge in [-0.05, 0) is 19.4 Å². The van der Waals surface area contributed by atoms with Crippen molar-refractivity contribution in [1.29, 1.82) is 0 Å². The Labute approximate surface area is 156 Å². The number of ether oxygens (including phenoxy) is 2. The largest absolute Gasteiger partial charge is 0.478 e. The van der Waals surface area contributed by atoms with Crippen LogP contribution in [0.2, 0.25) is 0 Å². The van der Waals surface area contributed by atoms with Crippen molar-refractivity contribution < 1.29 is 24.5 Å². The Kier molecular flexibility index (Phi) is 6.83. The summed E-state index contributed by atoms with van der Waals surface area (Å²) in [4.78, 5) is 10.6. The zero-order chi connectivity index (χ0) is 19.5. The van der Waals surface area contributed by atoms with Crippen LogP contribution < -0.4 is 0 Å². The fourth-order valence-corrected chi connectivity index (χ4v) is 4.01. The normalized spacial score (nSPS) is 41.9. The minimum absolute atomic E-state index is 0.00123. The van der Waals surface area contributed by atoms with E-state index in [0.29, 0.717) is 5.92 Å². The van der Waals surface area contributed by atoms with Crippen molar-refractivity contribution >= 4 is 5.97 Å². The maximum atomic E-state index is 10.8. The van der Waals surface area contributed by atoms with Crippen molar-refractivity contribution in [3.8, 4) is 0 Å². The number of hydrogen-bond acceptors (Lipinski definition) is 4. The summed E-state index contributed by atoms with van der Waals surface area (Å²) in [5.74, 6) is -1.78. The van der Waals surface area contributed by atoms with Crippen molar-refractivity contribution in [3.63, 3.8) is 0 Å². The van der Waals surface area contributed by atoms with E-state index in [4.69, 9.17) is 14.6 Å². The maximum Gasteiger partial charge on any atom is 0.328 e. The number of carboxylic acid groups (broad SMARTS) is 1. The number of allylic oxidation sites excluding steroid dienone is 2. The van der Waals surface area contributed by atoms with Gasteiger partial charge in [0.2, 0.25) is 0 Å². The summed E-state index contributed by atoms with van der Waals surface area (Å²) in [5.41, 5.74) is 0. The average molecular weight is 364 g/mol. The second-order valence-corrected chi connectivity index (χ2v) is 7.64. The van der Waals surface area contributed by atoms with E-state index in [1.807, 2.05) is 32.9 Å². The van der Waals surface area contributed by atoms with E-state index in [0.717, 1.165) is 12.5 Å². The summed E-state index contributed by atoms with van der Waals surface area (Å²) < 4.78 is 12.8. The van der Waals surface area contributed by atoms with Gasteiger partial charge in [0.15, 0.2) is 5.79 Å². The standard InChI is InChI=1S/C21H32O5/c1-6-17-11-12-21(25-16(17)5)15(4)19(24)14(3)20(26-21)13(2)9-7-8-10-18(22)23/h7-17,19-20,24H,6H2,1-5H3,(H,22,23). The SMILES string of the molecule is CCC1C=CC2(OC1C)OC(C(C)C=CC=CC(=O)O)C(C)C(O)C2C. The fourth-order valence-electron chi connectivity index (χ4n) is 4.01. The number of carbonyl (C=O) groups is 1. The van der Waals surface area contributed by atoms with Crippen LogP contribution in [0.25, 0.3) is 0 Å². The fraction of sp³-hybridized carbons (Fsp3) is 0.667. The lowest BCUT2D eigenvalue weighted by molar-refractivity contribution is -0.334. The van der Waals surface area contributed by atoms with E-state index < -0.39 is 17.9 Å². The third kappa shape index (κ3) is 4.27. The minimum Gasteiger partial charge on any atom is -0.478 e. The zero-order valence-electron chi connectivity index (χ0n) is 16.3. The number of aliphatic hydroxyl groups excluding tert-OH is 1. The molecular formula is C21H32O5. The molecule has 0 radical (unpaired) electrons. The summed E-state index contributed by atoms with van der Waals surface area (Å²) >= 11 is 0. The molecule has 8 unspecified atom stereocenters. The number of aliphatic hydroxyl groups is 1. The van der Waals surface area contributed by atoms with Gasteiger partial charge in [-0.3, -0.25) is 0 Å². The Balaban J connectivity index is 2.22. The van der Waals surface area contributed by atoms with Crippen LogP contribution in [-0.4, -0.2) is 40.3 Å². The second kappa shape index (κ2) is 8.51. The molecule has 0 saturated carbocycles. The van der Waals surface area contributed by atoms with Crippen molar-refractivity contribution in [2.24, 2.45) is 23.7 Å². The minimum atomic E-state index is -0.979. The summed E-state index contributed by atoms with van der Waals surface area (Å²) in [6.07, 6.45) is 10.6. The number of carboxylic acids is 1. The molecule has 5 heteroatoms. The van der Waals surface area contributed by atoms with Gasteiger partial charge in [-0.1, -0.05) is 52.0 Å². The van der Waals surface area contributed by atoms with Gasteiger partial charge < -0.3 is 19.7 Å². The molecule has 2 aliphatic rings.